The molecule has 1 aliphatic heterocycles. The summed E-state index contributed by atoms with van der Waals surface area (Å²) in [6, 6.07) is 9.67. The molecule has 116 valence electrons. The van der Waals surface area contributed by atoms with Crippen LogP contribution in [0.2, 0.25) is 0 Å². The van der Waals surface area contributed by atoms with Gasteiger partial charge >= 0.3 is 0 Å². The lowest BCUT2D eigenvalue weighted by Crippen LogP contribution is -2.29. The van der Waals surface area contributed by atoms with Gasteiger partial charge in [-0.25, -0.2) is 0 Å². The molecule has 22 heavy (non-hydrogen) atoms. The van der Waals surface area contributed by atoms with E-state index < -0.39 is 0 Å². The molecule has 0 bridgehead atoms. The Morgan fingerprint density at radius 3 is 2.55 bits per heavy atom. The van der Waals surface area contributed by atoms with Crippen molar-refractivity contribution >= 4 is 11.6 Å². The Labute approximate surface area is 130 Å². The van der Waals surface area contributed by atoms with Gasteiger partial charge in [0.1, 0.15) is 12.0 Å². The second-order valence-corrected chi connectivity index (χ2v) is 5.75. The van der Waals surface area contributed by atoms with E-state index >= 15 is 0 Å². The highest BCUT2D eigenvalue weighted by molar-refractivity contribution is 5.94. The van der Waals surface area contributed by atoms with Gasteiger partial charge < -0.3 is 14.3 Å². The lowest BCUT2D eigenvalue weighted by atomic mass is 10.1. The molecule has 0 saturated carbocycles. The van der Waals surface area contributed by atoms with Gasteiger partial charge in [0.15, 0.2) is 0 Å². The molecule has 5 nitrogen and oxygen atoms in total. The molecular formula is C17H21N3O2. The molecule has 0 radical (unpaired) electrons. The topological polar surface area (TPSA) is 49.6 Å². The first-order valence-corrected chi connectivity index (χ1v) is 7.74. The number of carbonyl (C=O) groups is 1. The second kappa shape index (κ2) is 6.64. The highest BCUT2D eigenvalue weighted by Crippen LogP contribution is 2.20. The summed E-state index contributed by atoms with van der Waals surface area (Å²) in [5.41, 5.74) is 2.66. The largest absolute Gasteiger partial charge is 0.372 e. The van der Waals surface area contributed by atoms with Gasteiger partial charge in [-0.2, -0.15) is 0 Å². The SMILES string of the molecule is CN(Cc1ccon1)C(=O)c1ccc(N2CCCCC2)cc1. The van der Waals surface area contributed by atoms with Crippen molar-refractivity contribution in [2.45, 2.75) is 25.8 Å². The number of piperidine rings is 1. The molecule has 1 fully saturated rings. The highest BCUT2D eigenvalue weighted by Gasteiger charge is 2.15. The Balaban J connectivity index is 1.65. The molecule has 2 aromatic rings. The summed E-state index contributed by atoms with van der Waals surface area (Å²) < 4.78 is 4.79. The number of amides is 1. The summed E-state index contributed by atoms with van der Waals surface area (Å²) in [6.45, 7) is 2.67. The van der Waals surface area contributed by atoms with E-state index in [0.717, 1.165) is 18.8 Å². The van der Waals surface area contributed by atoms with Crippen LogP contribution < -0.4 is 4.90 Å². The molecule has 0 spiro atoms. The smallest absolute Gasteiger partial charge is 0.253 e. The average Bonchev–Trinajstić information content (AvgIpc) is 3.08. The lowest BCUT2D eigenvalue weighted by molar-refractivity contribution is 0.0782. The first kappa shape index (κ1) is 14.6. The molecule has 5 heteroatoms. The number of benzene rings is 1. The van der Waals surface area contributed by atoms with Gasteiger partial charge in [-0.05, 0) is 43.5 Å². The fourth-order valence-electron chi connectivity index (χ4n) is 2.82. The van der Waals surface area contributed by atoms with Crippen LogP contribution in [-0.4, -0.2) is 36.1 Å². The monoisotopic (exact) mass is 299 g/mol. The first-order valence-electron chi connectivity index (χ1n) is 7.74. The van der Waals surface area contributed by atoms with E-state index in [9.17, 15) is 4.79 Å². The molecule has 1 amide bonds. The van der Waals surface area contributed by atoms with Crippen molar-refractivity contribution in [3.63, 3.8) is 0 Å². The van der Waals surface area contributed by atoms with Crippen LogP contribution in [0, 0.1) is 0 Å². The maximum absolute atomic E-state index is 12.4. The van der Waals surface area contributed by atoms with Crippen molar-refractivity contribution in [3.05, 3.63) is 47.9 Å². The number of hydrogen-bond acceptors (Lipinski definition) is 4. The molecule has 2 heterocycles. The van der Waals surface area contributed by atoms with E-state index in [-0.39, 0.29) is 5.91 Å². The van der Waals surface area contributed by atoms with Crippen molar-refractivity contribution in [2.24, 2.45) is 0 Å². The molecular weight excluding hydrogens is 278 g/mol. The molecule has 0 unspecified atom stereocenters. The summed E-state index contributed by atoms with van der Waals surface area (Å²) in [5, 5.41) is 3.83. The normalized spacial score (nSPS) is 14.9. The zero-order valence-corrected chi connectivity index (χ0v) is 12.9. The number of nitrogens with zero attached hydrogens (tertiary/aromatic N) is 3. The van der Waals surface area contributed by atoms with E-state index in [4.69, 9.17) is 4.52 Å². The molecule has 0 N–H and O–H groups in total. The lowest BCUT2D eigenvalue weighted by Gasteiger charge is -2.29. The highest BCUT2D eigenvalue weighted by atomic mass is 16.5. The van der Waals surface area contributed by atoms with Crippen LogP contribution in [0.15, 0.2) is 41.1 Å². The van der Waals surface area contributed by atoms with Crippen LogP contribution in [0.4, 0.5) is 5.69 Å². The number of rotatable bonds is 4. The fraction of sp³-hybridized carbons (Fsp3) is 0.412. The van der Waals surface area contributed by atoms with Crippen molar-refractivity contribution in [2.75, 3.05) is 25.0 Å². The molecule has 1 aromatic carbocycles. The van der Waals surface area contributed by atoms with Gasteiger partial charge in [0, 0.05) is 37.5 Å². The number of carbonyl (C=O) groups excluding carboxylic acids is 1. The minimum atomic E-state index is -0.00630. The minimum Gasteiger partial charge on any atom is -0.372 e. The van der Waals surface area contributed by atoms with Crippen LogP contribution >= 0.6 is 0 Å². The second-order valence-electron chi connectivity index (χ2n) is 5.75. The predicted octanol–water partition coefficient (Wildman–Crippen LogP) is 2.94. The molecule has 1 aromatic heterocycles. The Morgan fingerprint density at radius 1 is 1.18 bits per heavy atom. The zero-order valence-electron chi connectivity index (χ0n) is 12.9. The Hall–Kier alpha value is -2.30. The average molecular weight is 299 g/mol. The summed E-state index contributed by atoms with van der Waals surface area (Å²) in [7, 11) is 1.77. The zero-order chi connectivity index (χ0) is 15.4. The Kier molecular flexibility index (Phi) is 4.42. The van der Waals surface area contributed by atoms with Crippen molar-refractivity contribution in [1.82, 2.24) is 10.1 Å². The van der Waals surface area contributed by atoms with Gasteiger partial charge in [-0.15, -0.1) is 0 Å². The van der Waals surface area contributed by atoms with Crippen molar-refractivity contribution in [3.8, 4) is 0 Å². The van der Waals surface area contributed by atoms with Crippen LogP contribution in [0.3, 0.4) is 0 Å². The standard InChI is InChI=1S/C17H21N3O2/c1-19(13-15-9-12-22-18-15)17(21)14-5-7-16(8-6-14)20-10-3-2-4-11-20/h5-9,12H,2-4,10-11,13H2,1H3. The van der Waals surface area contributed by atoms with E-state index in [1.165, 1.54) is 31.2 Å². The molecule has 0 aliphatic carbocycles. The molecule has 1 saturated heterocycles. The molecule has 0 atom stereocenters. The maximum Gasteiger partial charge on any atom is 0.253 e. The quantitative estimate of drug-likeness (QED) is 0.871. The predicted molar refractivity (Wildman–Crippen MR) is 84.8 cm³/mol. The van der Waals surface area contributed by atoms with Crippen LogP contribution in [0.25, 0.3) is 0 Å². The third-order valence-corrected chi connectivity index (χ3v) is 4.07. The number of hydrogen-bond donors (Lipinski definition) is 0. The van der Waals surface area contributed by atoms with Gasteiger partial charge in [-0.1, -0.05) is 5.16 Å². The minimum absolute atomic E-state index is 0.00630. The summed E-state index contributed by atoms with van der Waals surface area (Å²) in [6.07, 6.45) is 5.34. The summed E-state index contributed by atoms with van der Waals surface area (Å²) in [5.74, 6) is -0.00630. The van der Waals surface area contributed by atoms with Crippen molar-refractivity contribution < 1.29 is 9.32 Å². The van der Waals surface area contributed by atoms with Gasteiger partial charge in [0.2, 0.25) is 0 Å². The third-order valence-electron chi connectivity index (χ3n) is 4.07. The van der Waals surface area contributed by atoms with E-state index in [1.54, 1.807) is 18.0 Å². The van der Waals surface area contributed by atoms with E-state index in [2.05, 4.69) is 10.1 Å². The summed E-state index contributed by atoms with van der Waals surface area (Å²) in [4.78, 5) is 16.4. The number of anilines is 1. The molecule has 3 rings (SSSR count). The van der Waals surface area contributed by atoms with Crippen molar-refractivity contribution in [1.29, 1.82) is 0 Å². The first-order chi connectivity index (χ1) is 10.7. The Bertz CT molecular complexity index is 601. The summed E-state index contributed by atoms with van der Waals surface area (Å²) >= 11 is 0. The van der Waals surface area contributed by atoms with Crippen LogP contribution in [-0.2, 0) is 6.54 Å². The molecule has 1 aliphatic rings. The van der Waals surface area contributed by atoms with Gasteiger partial charge in [0.25, 0.3) is 5.91 Å². The van der Waals surface area contributed by atoms with Gasteiger partial charge in [-0.3, -0.25) is 4.79 Å². The van der Waals surface area contributed by atoms with Crippen LogP contribution in [0.5, 0.6) is 0 Å². The van der Waals surface area contributed by atoms with E-state index in [1.807, 2.05) is 24.3 Å². The number of aromatic nitrogens is 1. The fourth-order valence-corrected chi connectivity index (χ4v) is 2.82. The third kappa shape index (κ3) is 3.30. The maximum atomic E-state index is 12.4. The van der Waals surface area contributed by atoms with E-state index in [0.29, 0.717) is 12.1 Å². The van der Waals surface area contributed by atoms with Gasteiger partial charge in [0.05, 0.1) is 6.54 Å². The Morgan fingerprint density at radius 2 is 1.91 bits per heavy atom. The van der Waals surface area contributed by atoms with Crippen LogP contribution in [0.1, 0.15) is 35.3 Å².